The van der Waals surface area contributed by atoms with Gasteiger partial charge in [-0.25, -0.2) is 22.9 Å². The average Bonchev–Trinajstić information content (AvgIpc) is 3.56. The average molecular weight is 771 g/mol. The first kappa shape index (κ1) is 41.0. The molecule has 0 unspecified atom stereocenters. The van der Waals surface area contributed by atoms with Crippen molar-refractivity contribution in [1.82, 2.24) is 9.55 Å². The minimum Gasteiger partial charge on any atom is -0.493 e. The number of ether oxygens (including phenoxy) is 3. The van der Waals surface area contributed by atoms with Crippen LogP contribution in [0, 0.1) is 17.5 Å². The van der Waals surface area contributed by atoms with Crippen molar-refractivity contribution in [2.24, 2.45) is 0 Å². The Bertz CT molecular complexity index is 2220. The molecule has 1 aliphatic heterocycles. The third-order valence-corrected chi connectivity index (χ3v) is 10.5. The first-order valence-electron chi connectivity index (χ1n) is 18.9. The van der Waals surface area contributed by atoms with E-state index >= 15 is 13.2 Å². The number of esters is 1. The van der Waals surface area contributed by atoms with Crippen LogP contribution in [0.3, 0.4) is 0 Å². The molecule has 8 nitrogen and oxygen atoms in total. The Balaban J connectivity index is 1.16. The predicted octanol–water partition coefficient (Wildman–Crippen LogP) is 9.17. The van der Waals surface area contributed by atoms with Crippen LogP contribution in [0.1, 0.15) is 101 Å². The van der Waals surface area contributed by atoms with Crippen molar-refractivity contribution in [2.75, 3.05) is 13.7 Å². The van der Waals surface area contributed by atoms with Crippen LogP contribution in [-0.2, 0) is 43.1 Å². The van der Waals surface area contributed by atoms with Gasteiger partial charge in [0, 0.05) is 37.6 Å². The molecule has 2 heterocycles. The standard InChI is InChI=1S/C44H50BF3N2O6/c1-27-13-17-32(53-26-29-14-16-31(24-35(29)46)45-55-43(5,6)44(7,8)56-45)11-10-12-33(27)34-25-36(47)30(21-37(34)48)23-40-49-38-18-15-28(41(51)54-42(2,3)4)22-39(38)50(40)19-20-52-9/h10-12,14-16,18,21-22,24-25H,13,17,19-20,23,26H2,1-9H3/b12-10-,32-11+,33-27-. The molecule has 0 radical (unpaired) electrons. The summed E-state index contributed by atoms with van der Waals surface area (Å²) in [7, 11) is 0.910. The van der Waals surface area contributed by atoms with E-state index in [9.17, 15) is 4.79 Å². The van der Waals surface area contributed by atoms with Crippen LogP contribution in [0.25, 0.3) is 16.6 Å². The molecule has 1 aliphatic carbocycles. The summed E-state index contributed by atoms with van der Waals surface area (Å²) in [6.45, 7) is 15.8. The SMILES string of the molecule is COCCn1c(Cc2cc(F)c(C3=C(/C)CC\C(OCc4ccc(B5OC(C)(C)C(C)(C)O5)cc4F)=C/C=C\3)cc2F)nc2ccc(C(=O)OC(C)(C)C)cc21. The van der Waals surface area contributed by atoms with Gasteiger partial charge >= 0.3 is 13.1 Å². The van der Waals surface area contributed by atoms with Crippen LogP contribution < -0.4 is 5.46 Å². The summed E-state index contributed by atoms with van der Waals surface area (Å²) in [5.41, 5.74) is 2.62. The lowest BCUT2D eigenvalue weighted by Gasteiger charge is -2.32. The van der Waals surface area contributed by atoms with E-state index in [1.54, 1.807) is 76.4 Å². The molecule has 1 saturated heterocycles. The number of rotatable bonds is 11. The number of benzene rings is 3. The highest BCUT2D eigenvalue weighted by atomic mass is 19.1. The van der Waals surface area contributed by atoms with Crippen LogP contribution in [-0.4, -0.2) is 53.2 Å². The Labute approximate surface area is 327 Å². The molecular weight excluding hydrogens is 720 g/mol. The lowest BCUT2D eigenvalue weighted by atomic mass is 9.79. The number of carbonyl (C=O) groups excluding carboxylic acids is 1. The van der Waals surface area contributed by atoms with Gasteiger partial charge in [0.1, 0.15) is 35.5 Å². The molecule has 6 rings (SSSR count). The first-order chi connectivity index (χ1) is 26.4. The minimum absolute atomic E-state index is 0.0162. The van der Waals surface area contributed by atoms with E-state index in [0.717, 1.165) is 5.57 Å². The third kappa shape index (κ3) is 8.98. The quantitative estimate of drug-likeness (QED) is 0.111. The van der Waals surface area contributed by atoms with Gasteiger partial charge in [-0.2, -0.15) is 0 Å². The topological polar surface area (TPSA) is 81.0 Å². The molecule has 4 aromatic rings. The number of halogens is 3. The Morgan fingerprint density at radius 2 is 1.64 bits per heavy atom. The molecule has 0 amide bonds. The van der Waals surface area contributed by atoms with Gasteiger partial charge in [-0.05, 0) is 121 Å². The molecule has 296 valence electrons. The summed E-state index contributed by atoms with van der Waals surface area (Å²) >= 11 is 0. The van der Waals surface area contributed by atoms with Crippen molar-refractivity contribution in [3.63, 3.8) is 0 Å². The summed E-state index contributed by atoms with van der Waals surface area (Å²) in [5.74, 6) is -0.865. The van der Waals surface area contributed by atoms with E-state index in [2.05, 4.69) is 0 Å². The number of methoxy groups -OCH3 is 1. The predicted molar refractivity (Wildman–Crippen MR) is 212 cm³/mol. The maximum atomic E-state index is 15.9. The van der Waals surface area contributed by atoms with Crippen molar-refractivity contribution in [2.45, 2.75) is 105 Å². The van der Waals surface area contributed by atoms with Crippen molar-refractivity contribution in [3.8, 4) is 0 Å². The van der Waals surface area contributed by atoms with Crippen LogP contribution in [0.4, 0.5) is 13.2 Å². The summed E-state index contributed by atoms with van der Waals surface area (Å²) in [4.78, 5) is 17.5. The van der Waals surface area contributed by atoms with Crippen molar-refractivity contribution >= 4 is 35.2 Å². The van der Waals surface area contributed by atoms with Gasteiger partial charge < -0.3 is 28.1 Å². The van der Waals surface area contributed by atoms with Gasteiger partial charge in [-0.3, -0.25) is 0 Å². The Hall–Kier alpha value is -4.65. The number of aromatic nitrogens is 2. The van der Waals surface area contributed by atoms with E-state index in [-0.39, 0.29) is 24.2 Å². The summed E-state index contributed by atoms with van der Waals surface area (Å²) < 4.78 is 77.9. The van der Waals surface area contributed by atoms with E-state index in [0.29, 0.717) is 70.8 Å². The maximum Gasteiger partial charge on any atom is 0.494 e. The van der Waals surface area contributed by atoms with Gasteiger partial charge in [0.2, 0.25) is 0 Å². The zero-order valence-electron chi connectivity index (χ0n) is 33.6. The number of fused-ring (bicyclic) bond motifs is 1. The number of carbonyl (C=O) groups is 1. The molecule has 3 aromatic carbocycles. The molecule has 0 N–H and O–H groups in total. The van der Waals surface area contributed by atoms with E-state index in [1.165, 1.54) is 18.2 Å². The van der Waals surface area contributed by atoms with Crippen molar-refractivity contribution < 1.29 is 41.5 Å². The summed E-state index contributed by atoms with van der Waals surface area (Å²) in [6, 6.07) is 12.4. The lowest BCUT2D eigenvalue weighted by Crippen LogP contribution is -2.41. The van der Waals surface area contributed by atoms with Crippen LogP contribution in [0.2, 0.25) is 0 Å². The fourth-order valence-electron chi connectivity index (χ4n) is 6.64. The fraction of sp³-hybridized carbons (Fsp3) is 0.409. The van der Waals surface area contributed by atoms with Gasteiger partial charge in [0.25, 0.3) is 0 Å². The van der Waals surface area contributed by atoms with Gasteiger partial charge in [-0.15, -0.1) is 0 Å². The zero-order valence-corrected chi connectivity index (χ0v) is 33.6. The molecule has 56 heavy (non-hydrogen) atoms. The zero-order chi connectivity index (χ0) is 40.6. The highest BCUT2D eigenvalue weighted by molar-refractivity contribution is 6.62. The summed E-state index contributed by atoms with van der Waals surface area (Å²) in [6.07, 6.45) is 6.27. The largest absolute Gasteiger partial charge is 0.494 e. The Kier molecular flexibility index (Phi) is 11.8. The number of allylic oxidation sites excluding steroid dienone is 6. The number of hydrogen-bond acceptors (Lipinski definition) is 7. The van der Waals surface area contributed by atoms with Gasteiger partial charge in [0.15, 0.2) is 0 Å². The molecule has 0 bridgehead atoms. The number of nitrogens with zero attached hydrogens (tertiary/aromatic N) is 2. The van der Waals surface area contributed by atoms with E-state index < -0.39 is 47.3 Å². The second-order valence-corrected chi connectivity index (χ2v) is 16.4. The number of hydrogen-bond donors (Lipinski definition) is 0. The monoisotopic (exact) mass is 770 g/mol. The summed E-state index contributed by atoms with van der Waals surface area (Å²) in [5, 5.41) is 0. The van der Waals surface area contributed by atoms with Crippen LogP contribution in [0.5, 0.6) is 0 Å². The number of imidazole rings is 1. The highest BCUT2D eigenvalue weighted by Gasteiger charge is 2.51. The molecule has 0 atom stereocenters. The van der Waals surface area contributed by atoms with Crippen LogP contribution in [0.15, 0.2) is 78.1 Å². The molecule has 1 fully saturated rings. The van der Waals surface area contributed by atoms with E-state index in [1.807, 2.05) is 39.2 Å². The molecule has 2 aliphatic rings. The molecule has 0 saturated carbocycles. The third-order valence-electron chi connectivity index (χ3n) is 10.5. The fourth-order valence-corrected chi connectivity index (χ4v) is 6.64. The molecule has 12 heteroatoms. The van der Waals surface area contributed by atoms with Gasteiger partial charge in [0.05, 0.1) is 40.2 Å². The first-order valence-corrected chi connectivity index (χ1v) is 18.9. The van der Waals surface area contributed by atoms with Crippen molar-refractivity contribution in [1.29, 1.82) is 0 Å². The van der Waals surface area contributed by atoms with Crippen molar-refractivity contribution in [3.05, 3.63) is 124 Å². The highest BCUT2D eigenvalue weighted by Crippen LogP contribution is 2.37. The van der Waals surface area contributed by atoms with E-state index in [4.69, 9.17) is 28.5 Å². The molecule has 0 spiro atoms. The molecule has 1 aromatic heterocycles. The Morgan fingerprint density at radius 1 is 0.929 bits per heavy atom. The van der Waals surface area contributed by atoms with Gasteiger partial charge in [-0.1, -0.05) is 29.9 Å². The second kappa shape index (κ2) is 16.1. The normalized spacial score (nSPS) is 19.7. The second-order valence-electron chi connectivity index (χ2n) is 16.4. The Morgan fingerprint density at radius 3 is 2.32 bits per heavy atom. The van der Waals surface area contributed by atoms with Crippen LogP contribution >= 0.6 is 0 Å². The maximum absolute atomic E-state index is 15.9. The lowest BCUT2D eigenvalue weighted by molar-refractivity contribution is 0.00578. The molecular formula is C44H50BF3N2O6. The minimum atomic E-state index is -0.667. The smallest absolute Gasteiger partial charge is 0.493 e.